The lowest BCUT2D eigenvalue weighted by atomic mass is 10.2. The first-order chi connectivity index (χ1) is 11.1. The highest BCUT2D eigenvalue weighted by molar-refractivity contribution is 8.20. The summed E-state index contributed by atoms with van der Waals surface area (Å²) in [6, 6.07) is 4.58. The fourth-order valence-electron chi connectivity index (χ4n) is 2.19. The van der Waals surface area contributed by atoms with Gasteiger partial charge in [-0.1, -0.05) is 6.58 Å². The first-order valence-electron chi connectivity index (χ1n) is 6.99. The summed E-state index contributed by atoms with van der Waals surface area (Å²) in [6.07, 6.45) is 7.62. The number of rotatable bonds is 7. The van der Waals surface area contributed by atoms with E-state index >= 15 is 0 Å². The molecule has 0 bridgehead atoms. The summed E-state index contributed by atoms with van der Waals surface area (Å²) in [5.74, 6) is 0.670. The summed E-state index contributed by atoms with van der Waals surface area (Å²) in [7, 11) is 0. The standard InChI is InChI=1S/C16H20O2S5/c1-5-14(17)18-8-11-9-22-16(23-11)15-12(20-3)6-10(19-2)7-13(15)21-4/h5-7,11,16H,1,8-9H2,2-4H3. The zero-order valence-corrected chi connectivity index (χ0v) is 17.4. The van der Waals surface area contributed by atoms with Crippen LogP contribution in [-0.2, 0) is 9.53 Å². The number of carbonyl (C=O) groups is 1. The average molecular weight is 405 g/mol. The third-order valence-corrected chi connectivity index (χ3v) is 8.84. The van der Waals surface area contributed by atoms with Crippen molar-refractivity contribution < 1.29 is 9.53 Å². The van der Waals surface area contributed by atoms with E-state index in [9.17, 15) is 4.79 Å². The fraction of sp³-hybridized carbons (Fsp3) is 0.438. The molecule has 0 N–H and O–H groups in total. The first kappa shape index (κ1) is 19.5. The molecule has 2 rings (SSSR count). The Morgan fingerprint density at radius 1 is 1.30 bits per heavy atom. The summed E-state index contributed by atoms with van der Waals surface area (Å²) < 4.78 is 5.61. The zero-order chi connectivity index (χ0) is 16.8. The lowest BCUT2D eigenvalue weighted by Crippen LogP contribution is -2.14. The molecule has 2 unspecified atom stereocenters. The number of carbonyl (C=O) groups excluding carboxylic acids is 1. The monoisotopic (exact) mass is 404 g/mol. The van der Waals surface area contributed by atoms with Crippen LogP contribution in [-0.4, -0.2) is 42.3 Å². The molecule has 2 atom stereocenters. The van der Waals surface area contributed by atoms with Crippen molar-refractivity contribution in [3.05, 3.63) is 30.4 Å². The second-order valence-corrected chi connectivity index (χ2v) is 10.1. The molecule has 2 nitrogen and oxygen atoms in total. The molecule has 7 heteroatoms. The third-order valence-electron chi connectivity index (χ3n) is 3.32. The molecule has 0 radical (unpaired) electrons. The predicted octanol–water partition coefficient (Wildman–Crippen LogP) is 5.43. The van der Waals surface area contributed by atoms with Gasteiger partial charge in [-0.2, -0.15) is 0 Å². The molecule has 1 aromatic rings. The number of hydrogen-bond donors (Lipinski definition) is 0. The summed E-state index contributed by atoms with van der Waals surface area (Å²) in [6.45, 7) is 3.90. The minimum absolute atomic E-state index is 0.335. The van der Waals surface area contributed by atoms with Gasteiger partial charge in [0.25, 0.3) is 0 Å². The highest BCUT2D eigenvalue weighted by atomic mass is 32.2. The SMILES string of the molecule is C=CC(=O)OCC1CSC(c2c(SC)cc(SC)cc2SC)S1. The lowest BCUT2D eigenvalue weighted by Gasteiger charge is -2.19. The summed E-state index contributed by atoms with van der Waals surface area (Å²) in [4.78, 5) is 15.3. The second kappa shape index (κ2) is 9.61. The fourth-order valence-corrected chi connectivity index (χ4v) is 7.92. The van der Waals surface area contributed by atoms with Gasteiger partial charge < -0.3 is 4.74 Å². The van der Waals surface area contributed by atoms with Crippen molar-refractivity contribution >= 4 is 64.8 Å². The predicted molar refractivity (Wildman–Crippen MR) is 110 cm³/mol. The first-order valence-corrected chi connectivity index (χ1v) is 12.7. The average Bonchev–Trinajstić information content (AvgIpc) is 3.06. The van der Waals surface area contributed by atoms with Crippen molar-refractivity contribution in [2.24, 2.45) is 0 Å². The summed E-state index contributed by atoms with van der Waals surface area (Å²) in [5, 5.41) is 0.346. The van der Waals surface area contributed by atoms with Gasteiger partial charge in [0.15, 0.2) is 0 Å². The van der Waals surface area contributed by atoms with Crippen molar-refractivity contribution in [2.45, 2.75) is 24.5 Å². The molecule has 0 amide bonds. The van der Waals surface area contributed by atoms with E-state index in [2.05, 4.69) is 37.5 Å². The molecule has 0 aliphatic carbocycles. The topological polar surface area (TPSA) is 26.3 Å². The van der Waals surface area contributed by atoms with Crippen molar-refractivity contribution in [3.63, 3.8) is 0 Å². The van der Waals surface area contributed by atoms with Crippen molar-refractivity contribution in [1.82, 2.24) is 0 Å². The number of ether oxygens (including phenoxy) is 1. The Hall–Kier alpha value is 0.180. The maximum atomic E-state index is 11.2. The van der Waals surface area contributed by atoms with Crippen LogP contribution < -0.4 is 0 Å². The van der Waals surface area contributed by atoms with Crippen LogP contribution in [0.3, 0.4) is 0 Å². The Labute approximate surface area is 159 Å². The van der Waals surface area contributed by atoms with E-state index in [0.29, 0.717) is 16.4 Å². The molecule has 23 heavy (non-hydrogen) atoms. The molecular weight excluding hydrogens is 385 g/mol. The van der Waals surface area contributed by atoms with Gasteiger partial charge in [-0.25, -0.2) is 4.79 Å². The number of benzene rings is 1. The lowest BCUT2D eigenvalue weighted by molar-refractivity contribution is -0.137. The minimum Gasteiger partial charge on any atom is -0.461 e. The highest BCUT2D eigenvalue weighted by Gasteiger charge is 2.31. The van der Waals surface area contributed by atoms with Crippen LogP contribution in [0.15, 0.2) is 39.5 Å². The number of thioether (sulfide) groups is 5. The van der Waals surface area contributed by atoms with Crippen LogP contribution >= 0.6 is 58.8 Å². The largest absolute Gasteiger partial charge is 0.461 e. The molecule has 1 heterocycles. The van der Waals surface area contributed by atoms with E-state index in [0.717, 1.165) is 5.75 Å². The van der Waals surface area contributed by atoms with Crippen LogP contribution in [0, 0.1) is 0 Å². The van der Waals surface area contributed by atoms with Gasteiger partial charge in [0.2, 0.25) is 0 Å². The van der Waals surface area contributed by atoms with Crippen molar-refractivity contribution in [2.75, 3.05) is 31.1 Å². The van der Waals surface area contributed by atoms with Gasteiger partial charge in [-0.15, -0.1) is 58.8 Å². The van der Waals surface area contributed by atoms with Gasteiger partial charge in [-0.3, -0.25) is 0 Å². The van der Waals surface area contributed by atoms with E-state index in [1.54, 1.807) is 11.8 Å². The summed E-state index contributed by atoms with van der Waals surface area (Å²) in [5.41, 5.74) is 1.43. The molecule has 0 aromatic heterocycles. The van der Waals surface area contributed by atoms with Gasteiger partial charge in [0.1, 0.15) is 6.61 Å². The maximum absolute atomic E-state index is 11.2. The van der Waals surface area contributed by atoms with E-state index in [-0.39, 0.29) is 5.97 Å². The normalized spacial score (nSPS) is 20.5. The Balaban J connectivity index is 2.15. The van der Waals surface area contributed by atoms with Gasteiger partial charge in [0.05, 0.1) is 4.58 Å². The second-order valence-electron chi connectivity index (χ2n) is 4.70. The van der Waals surface area contributed by atoms with E-state index in [1.807, 2.05) is 47.0 Å². The molecule has 1 aromatic carbocycles. The molecular formula is C16H20O2S5. The molecule has 1 aliphatic rings. The Morgan fingerprint density at radius 3 is 2.48 bits per heavy atom. The zero-order valence-electron chi connectivity index (χ0n) is 13.4. The van der Waals surface area contributed by atoms with E-state index in [4.69, 9.17) is 4.74 Å². The van der Waals surface area contributed by atoms with Gasteiger partial charge in [-0.05, 0) is 30.9 Å². The Kier molecular flexibility index (Phi) is 8.15. The molecule has 126 valence electrons. The van der Waals surface area contributed by atoms with Crippen LogP contribution in [0.25, 0.3) is 0 Å². The maximum Gasteiger partial charge on any atom is 0.330 e. The minimum atomic E-state index is -0.335. The van der Waals surface area contributed by atoms with Crippen LogP contribution in [0.5, 0.6) is 0 Å². The van der Waals surface area contributed by atoms with E-state index in [1.165, 1.54) is 26.3 Å². The van der Waals surface area contributed by atoms with Crippen LogP contribution in [0.1, 0.15) is 10.1 Å². The molecule has 0 spiro atoms. The molecule has 0 saturated carbocycles. The Bertz CT molecular complexity index is 551. The third kappa shape index (κ3) is 5.08. The Morgan fingerprint density at radius 2 is 1.96 bits per heavy atom. The quantitative estimate of drug-likeness (QED) is 0.340. The summed E-state index contributed by atoms with van der Waals surface area (Å²) >= 11 is 9.27. The van der Waals surface area contributed by atoms with Crippen LogP contribution in [0.4, 0.5) is 0 Å². The molecule has 1 aliphatic heterocycles. The highest BCUT2D eigenvalue weighted by Crippen LogP contribution is 2.54. The number of hydrogen-bond acceptors (Lipinski definition) is 7. The van der Waals surface area contributed by atoms with E-state index < -0.39 is 0 Å². The smallest absolute Gasteiger partial charge is 0.330 e. The van der Waals surface area contributed by atoms with Gasteiger partial charge >= 0.3 is 5.97 Å². The van der Waals surface area contributed by atoms with Crippen molar-refractivity contribution in [3.8, 4) is 0 Å². The number of esters is 1. The molecule has 1 saturated heterocycles. The van der Waals surface area contributed by atoms with Gasteiger partial charge in [0, 0.05) is 37.3 Å². The van der Waals surface area contributed by atoms with Crippen LogP contribution in [0.2, 0.25) is 0 Å². The molecule has 1 fully saturated rings. The van der Waals surface area contributed by atoms with Crippen molar-refractivity contribution in [1.29, 1.82) is 0 Å².